The molecule has 4 aromatic carbocycles. The Balaban J connectivity index is 2.11. The molecule has 7 N–H and O–H groups in total. The monoisotopic (exact) mass is 540 g/mol. The SMILES string of the molecule is NC(=O)c1cccc(N(c2cccc(C(N)=O)c2)S(=O)(=O)c2cc(S(N)(=O)=O)cc3ccc(O)cc23)c1. The zero-order valence-electron chi connectivity index (χ0n) is 18.9. The predicted octanol–water partition coefficient (Wildman–Crippen LogP) is 1.92. The summed E-state index contributed by atoms with van der Waals surface area (Å²) in [5, 5.41) is 15.5. The third-order valence-electron chi connectivity index (χ3n) is 5.45. The average molecular weight is 541 g/mol. The largest absolute Gasteiger partial charge is 0.508 e. The number of rotatable bonds is 7. The number of phenols is 1. The highest BCUT2D eigenvalue weighted by molar-refractivity contribution is 7.93. The van der Waals surface area contributed by atoms with E-state index in [1.165, 1.54) is 66.7 Å². The fourth-order valence-electron chi connectivity index (χ4n) is 3.76. The molecule has 13 heteroatoms. The first kappa shape index (κ1) is 25.6. The number of primary sulfonamides is 1. The molecule has 0 unspecified atom stereocenters. The number of amides is 2. The van der Waals surface area contributed by atoms with Crippen molar-refractivity contribution in [1.82, 2.24) is 0 Å². The van der Waals surface area contributed by atoms with Crippen molar-refractivity contribution < 1.29 is 31.5 Å². The number of nitrogens with zero attached hydrogens (tertiary/aromatic N) is 1. The van der Waals surface area contributed by atoms with Crippen LogP contribution in [-0.4, -0.2) is 33.8 Å². The summed E-state index contributed by atoms with van der Waals surface area (Å²) in [6, 6.07) is 16.6. The van der Waals surface area contributed by atoms with Crippen molar-refractivity contribution in [3.63, 3.8) is 0 Å². The second kappa shape index (κ2) is 9.20. The van der Waals surface area contributed by atoms with Crippen LogP contribution < -0.4 is 20.9 Å². The summed E-state index contributed by atoms with van der Waals surface area (Å²) >= 11 is 0. The lowest BCUT2D eigenvalue weighted by molar-refractivity contribution is 0.0992. The molecule has 0 aliphatic rings. The number of carbonyl (C=O) groups is 2. The minimum absolute atomic E-state index is 0.00508. The van der Waals surface area contributed by atoms with E-state index in [0.29, 0.717) is 0 Å². The van der Waals surface area contributed by atoms with Gasteiger partial charge in [0.15, 0.2) is 0 Å². The number of hydrogen-bond donors (Lipinski definition) is 4. The van der Waals surface area contributed by atoms with Crippen molar-refractivity contribution in [3.05, 3.63) is 90.0 Å². The molecule has 2 amide bonds. The molecule has 0 saturated heterocycles. The van der Waals surface area contributed by atoms with E-state index in [1.807, 2.05) is 0 Å². The predicted molar refractivity (Wildman–Crippen MR) is 136 cm³/mol. The number of fused-ring (bicyclic) bond motifs is 1. The van der Waals surface area contributed by atoms with Gasteiger partial charge in [0.25, 0.3) is 10.0 Å². The maximum absolute atomic E-state index is 14.3. The molecule has 0 aliphatic heterocycles. The summed E-state index contributed by atoms with van der Waals surface area (Å²) < 4.78 is 53.7. The molecule has 0 fully saturated rings. The third-order valence-corrected chi connectivity index (χ3v) is 8.14. The maximum atomic E-state index is 14.3. The van der Waals surface area contributed by atoms with Gasteiger partial charge in [0, 0.05) is 16.5 Å². The van der Waals surface area contributed by atoms with Gasteiger partial charge in [-0.2, -0.15) is 0 Å². The number of carbonyl (C=O) groups excluding carboxylic acids is 2. The molecule has 0 saturated carbocycles. The van der Waals surface area contributed by atoms with E-state index in [-0.39, 0.29) is 39.0 Å². The van der Waals surface area contributed by atoms with E-state index >= 15 is 0 Å². The molecule has 0 heterocycles. The van der Waals surface area contributed by atoms with Crippen molar-refractivity contribution in [2.45, 2.75) is 9.79 Å². The number of benzene rings is 4. The van der Waals surface area contributed by atoms with Gasteiger partial charge in [-0.05, 0) is 66.0 Å². The van der Waals surface area contributed by atoms with Crippen LogP contribution in [0, 0.1) is 0 Å². The van der Waals surface area contributed by atoms with Gasteiger partial charge in [-0.3, -0.25) is 9.59 Å². The van der Waals surface area contributed by atoms with Crippen LogP contribution in [0.4, 0.5) is 11.4 Å². The summed E-state index contributed by atoms with van der Waals surface area (Å²) in [6.07, 6.45) is 0. The van der Waals surface area contributed by atoms with Gasteiger partial charge in [0.1, 0.15) is 5.75 Å². The number of nitrogens with two attached hydrogens (primary N) is 3. The fraction of sp³-hybridized carbons (Fsp3) is 0. The highest BCUT2D eigenvalue weighted by Gasteiger charge is 2.31. The summed E-state index contributed by atoms with van der Waals surface area (Å²) in [4.78, 5) is 22.7. The summed E-state index contributed by atoms with van der Waals surface area (Å²) in [5.41, 5.74) is 10.7. The Morgan fingerprint density at radius 3 is 1.76 bits per heavy atom. The number of aromatic hydroxyl groups is 1. The van der Waals surface area contributed by atoms with Crippen molar-refractivity contribution in [1.29, 1.82) is 0 Å². The second-order valence-corrected chi connectivity index (χ2v) is 11.3. The van der Waals surface area contributed by atoms with E-state index < -0.39 is 41.7 Å². The first-order chi connectivity index (χ1) is 17.3. The molecule has 190 valence electrons. The van der Waals surface area contributed by atoms with Crippen LogP contribution in [0.15, 0.2) is 88.7 Å². The maximum Gasteiger partial charge on any atom is 0.269 e. The van der Waals surface area contributed by atoms with Crippen molar-refractivity contribution in [2.75, 3.05) is 4.31 Å². The second-order valence-electron chi connectivity index (χ2n) is 7.97. The van der Waals surface area contributed by atoms with E-state index in [2.05, 4.69) is 0 Å². The third kappa shape index (κ3) is 4.95. The highest BCUT2D eigenvalue weighted by atomic mass is 32.2. The Hall–Kier alpha value is -4.46. The minimum Gasteiger partial charge on any atom is -0.508 e. The normalized spacial score (nSPS) is 11.8. The van der Waals surface area contributed by atoms with Crippen LogP contribution in [0.3, 0.4) is 0 Å². The molecule has 0 bridgehead atoms. The molecule has 4 rings (SSSR count). The van der Waals surface area contributed by atoms with Gasteiger partial charge in [-0.1, -0.05) is 18.2 Å². The van der Waals surface area contributed by atoms with Crippen LogP contribution in [0.5, 0.6) is 5.75 Å². The quantitative estimate of drug-likeness (QED) is 0.274. The molecule has 0 atom stereocenters. The first-order valence-corrected chi connectivity index (χ1v) is 13.4. The lowest BCUT2D eigenvalue weighted by Crippen LogP contribution is -2.28. The lowest BCUT2D eigenvalue weighted by atomic mass is 10.1. The highest BCUT2D eigenvalue weighted by Crippen LogP contribution is 2.38. The van der Waals surface area contributed by atoms with Crippen LogP contribution in [0.1, 0.15) is 20.7 Å². The van der Waals surface area contributed by atoms with E-state index in [1.54, 1.807) is 0 Å². The van der Waals surface area contributed by atoms with Crippen LogP contribution >= 0.6 is 0 Å². The number of primary amides is 2. The van der Waals surface area contributed by atoms with Gasteiger partial charge >= 0.3 is 0 Å². The smallest absolute Gasteiger partial charge is 0.269 e. The standard InChI is InChI=1S/C24H20N4O7S2/c25-23(30)15-3-1-5-17(9-15)28(18-6-2-4-16(10-18)24(26)31)37(34,35)22-13-20(36(27,32)33)11-14-7-8-19(29)12-21(14)22/h1-13,29H,(H2,25,30)(H2,26,31)(H2,27,32,33). The molecule has 11 nitrogen and oxygen atoms in total. The number of hydrogen-bond acceptors (Lipinski definition) is 7. The van der Waals surface area contributed by atoms with Gasteiger partial charge < -0.3 is 16.6 Å². The van der Waals surface area contributed by atoms with Gasteiger partial charge in [-0.25, -0.2) is 26.3 Å². The average Bonchev–Trinajstić information content (AvgIpc) is 2.83. The van der Waals surface area contributed by atoms with Crippen LogP contribution in [0.2, 0.25) is 0 Å². The van der Waals surface area contributed by atoms with Gasteiger partial charge in [-0.15, -0.1) is 0 Å². The van der Waals surface area contributed by atoms with E-state index in [9.17, 15) is 31.5 Å². The Morgan fingerprint density at radius 2 is 1.27 bits per heavy atom. The van der Waals surface area contributed by atoms with E-state index in [4.69, 9.17) is 16.6 Å². The molecule has 0 spiro atoms. The van der Waals surface area contributed by atoms with Crippen molar-refractivity contribution in [3.8, 4) is 5.75 Å². The minimum atomic E-state index is -4.72. The Morgan fingerprint density at radius 1 is 0.730 bits per heavy atom. The van der Waals surface area contributed by atoms with Crippen molar-refractivity contribution >= 4 is 54.0 Å². The number of anilines is 2. The zero-order chi connectivity index (χ0) is 27.1. The van der Waals surface area contributed by atoms with Crippen LogP contribution in [0.25, 0.3) is 10.8 Å². The molecule has 0 aromatic heterocycles. The topological polar surface area (TPSA) is 204 Å². The number of phenolic OH excluding ortho intramolecular Hbond substituents is 1. The Kier molecular flexibility index (Phi) is 6.37. The Bertz CT molecular complexity index is 1750. The molecule has 4 aromatic rings. The van der Waals surface area contributed by atoms with Crippen molar-refractivity contribution in [2.24, 2.45) is 16.6 Å². The zero-order valence-corrected chi connectivity index (χ0v) is 20.5. The summed E-state index contributed by atoms with van der Waals surface area (Å²) in [5.74, 6) is -1.92. The molecular weight excluding hydrogens is 520 g/mol. The first-order valence-electron chi connectivity index (χ1n) is 10.4. The van der Waals surface area contributed by atoms with Crippen LogP contribution in [-0.2, 0) is 20.0 Å². The molecule has 0 aliphatic carbocycles. The van der Waals surface area contributed by atoms with Gasteiger partial charge in [0.2, 0.25) is 21.8 Å². The van der Waals surface area contributed by atoms with Gasteiger partial charge in [0.05, 0.1) is 21.2 Å². The fourth-order valence-corrected chi connectivity index (χ4v) is 6.12. The lowest BCUT2D eigenvalue weighted by Gasteiger charge is -2.26. The molecule has 0 radical (unpaired) electrons. The molecular formula is C24H20N4O7S2. The molecule has 37 heavy (non-hydrogen) atoms. The number of sulfonamides is 2. The Labute approximate surface area is 211 Å². The van der Waals surface area contributed by atoms with E-state index in [0.717, 1.165) is 16.4 Å². The summed E-state index contributed by atoms with van der Waals surface area (Å²) in [6.45, 7) is 0. The summed E-state index contributed by atoms with van der Waals surface area (Å²) in [7, 11) is -9.07.